The lowest BCUT2D eigenvalue weighted by Crippen LogP contribution is -2.32. The number of hydrogen-bond acceptors (Lipinski definition) is 8. The van der Waals surface area contributed by atoms with Crippen LogP contribution in [0.3, 0.4) is 0 Å². The van der Waals surface area contributed by atoms with Gasteiger partial charge in [-0.3, -0.25) is 29.5 Å². The third kappa shape index (κ3) is 8.72. The summed E-state index contributed by atoms with van der Waals surface area (Å²) in [5, 5.41) is 5.86. The fourth-order valence-corrected chi connectivity index (χ4v) is 19.5. The average molecular weight is 1450 g/mol. The molecule has 0 bridgehead atoms. The summed E-state index contributed by atoms with van der Waals surface area (Å²) in [6, 6.07) is 59.5. The third-order valence-electron chi connectivity index (χ3n) is 21.7. The summed E-state index contributed by atoms with van der Waals surface area (Å²) < 4.78 is 151. The molecule has 514 valence electrons. The van der Waals surface area contributed by atoms with Gasteiger partial charge < -0.3 is 4.42 Å². The number of para-hydroxylation sites is 1. The molecule has 0 amide bonds. The van der Waals surface area contributed by atoms with Crippen LogP contribution in [0.25, 0.3) is 170 Å². The molecule has 15 aromatic heterocycles. The van der Waals surface area contributed by atoms with E-state index in [1.54, 1.807) is 60.8 Å². The van der Waals surface area contributed by atoms with Crippen LogP contribution in [-0.2, 0) is 74.7 Å². The average Bonchev–Trinajstić information content (AvgIpc) is 1.60. The van der Waals surface area contributed by atoms with Crippen molar-refractivity contribution in [3.63, 3.8) is 0 Å². The highest BCUT2D eigenvalue weighted by Gasteiger charge is 2.40. The van der Waals surface area contributed by atoms with Crippen molar-refractivity contribution in [3.8, 4) is 61.8 Å². The topological polar surface area (TPSA) is 132 Å². The first kappa shape index (κ1) is 48.1. The van der Waals surface area contributed by atoms with Crippen LogP contribution < -0.4 is 22.8 Å². The summed E-state index contributed by atoms with van der Waals surface area (Å²) in [5.74, 6) is 2.91. The fraction of sp³-hybridized carbons (Fsp3) is 0.126. The molecule has 20 heteroatoms. The standard InChI is InChI=1S/C22H17N4.C17H15N4.C16H12N3O.2C16H12N3S/c1-24-21-17-10-6-5-7-15(17)14-25(21)20-18-13-23-12-11-19(18)26(22(20)24)16-8-3-2-4-9-16;1-19-14-7-8-18-9-13(14)15-17(19)20(2)16-12-6-4-3-5-11(12)10-21(15)16;2*1-18-15-11-5-3-2-4-10(11)9-19(15)14-12-8-17-7-6-13(12)20-16(14)18;1-18-13-8-17-7-6-12(13)14-15(18)19-9-10-4-2-3-5-11(10)16(19)20-14/h2-13H,14H2,1H3;3-9H,10H2,1-2H3;3*2-8H,9H2,1H3/q5*+1/i1D3;2D3;3*1D3. The predicted molar refractivity (Wildman–Crippen MR) is 421 cm³/mol. The smallest absolute Gasteiger partial charge is 0.339 e. The molecule has 0 unspecified atom stereocenters. The summed E-state index contributed by atoms with van der Waals surface area (Å²) in [7, 11) is 1.91. The second kappa shape index (κ2) is 23.2. The van der Waals surface area contributed by atoms with E-state index in [9.17, 15) is 0 Å². The molecule has 0 aliphatic carbocycles. The second-order valence-corrected chi connectivity index (χ2v) is 29.3. The van der Waals surface area contributed by atoms with E-state index in [2.05, 4.69) is 73.5 Å². The minimum atomic E-state index is -2.33. The highest BCUT2D eigenvalue weighted by Crippen LogP contribution is 2.44. The van der Waals surface area contributed by atoms with Gasteiger partial charge in [0.15, 0.2) is 27.1 Å². The zero-order valence-electron chi connectivity index (χ0n) is 72.0. The molecule has 0 atom stereocenters. The van der Waals surface area contributed by atoms with E-state index >= 15 is 0 Å². The quantitative estimate of drug-likeness (QED) is 0.150. The Bertz CT molecular complexity index is 7800. The minimum absolute atomic E-state index is 0.373. The van der Waals surface area contributed by atoms with Crippen molar-refractivity contribution < 1.29 is 47.8 Å². The molecule has 0 saturated heterocycles. The van der Waals surface area contributed by atoms with Gasteiger partial charge in [0.05, 0.1) is 131 Å². The molecule has 0 fully saturated rings. The van der Waals surface area contributed by atoms with E-state index in [4.69, 9.17) is 25.0 Å². The lowest BCUT2D eigenvalue weighted by molar-refractivity contribution is -0.644. The van der Waals surface area contributed by atoms with Gasteiger partial charge in [-0.1, -0.05) is 132 Å². The van der Waals surface area contributed by atoms with Gasteiger partial charge in [0.2, 0.25) is 22.0 Å². The van der Waals surface area contributed by atoms with Crippen molar-refractivity contribution in [2.45, 2.75) is 32.7 Å². The zero-order chi connectivity index (χ0) is 83.7. The number of imidazole rings is 4. The molecule has 107 heavy (non-hydrogen) atoms. The largest absolute Gasteiger partial charge is 0.419 e. The molecular formula is C87H68N17OS2+5. The molecule has 18 nitrogen and oxygen atoms in total. The molecule has 6 aromatic carbocycles. The van der Waals surface area contributed by atoms with E-state index in [1.807, 2.05) is 185 Å². The van der Waals surface area contributed by atoms with Crippen LogP contribution in [-0.4, -0.2) is 56.9 Å². The molecule has 26 rings (SSSR count). The number of thiazole rings is 1. The number of hydrogen-bond donors (Lipinski definition) is 0. The van der Waals surface area contributed by atoms with Crippen molar-refractivity contribution in [3.05, 3.63) is 272 Å². The van der Waals surface area contributed by atoms with Crippen LogP contribution in [0.1, 0.15) is 48.4 Å². The highest BCUT2D eigenvalue weighted by atomic mass is 32.1. The summed E-state index contributed by atoms with van der Waals surface area (Å²) in [5.41, 5.74) is 21.2. The first-order valence-electron chi connectivity index (χ1n) is 42.4. The van der Waals surface area contributed by atoms with E-state index < -0.39 is 34.9 Å². The molecule has 0 radical (unpaired) electrons. The van der Waals surface area contributed by atoms with Gasteiger partial charge in [0, 0.05) is 88.8 Å². The molecule has 0 saturated carbocycles. The van der Waals surface area contributed by atoms with Crippen LogP contribution >= 0.6 is 22.7 Å². The zero-order valence-corrected chi connectivity index (χ0v) is 58.6. The maximum absolute atomic E-state index is 8.37. The van der Waals surface area contributed by atoms with Gasteiger partial charge in [0.1, 0.15) is 46.6 Å². The van der Waals surface area contributed by atoms with Gasteiger partial charge in [-0.2, -0.15) is 4.57 Å². The van der Waals surface area contributed by atoms with Gasteiger partial charge in [-0.05, 0) is 77.9 Å². The molecule has 0 N–H and O–H groups in total. The summed E-state index contributed by atoms with van der Waals surface area (Å²) >= 11 is 3.18. The lowest BCUT2D eigenvalue weighted by Gasteiger charge is -2.03. The number of furan rings is 1. The number of pyridine rings is 5. The molecule has 20 heterocycles. The summed E-state index contributed by atoms with van der Waals surface area (Å²) in [6.07, 6.45) is 17.4. The first-order valence-corrected chi connectivity index (χ1v) is 36.5. The summed E-state index contributed by atoms with van der Waals surface area (Å²) in [6.45, 7) is -7.99. The Morgan fingerprint density at radius 1 is 0.393 bits per heavy atom. The third-order valence-corrected chi connectivity index (χ3v) is 24.1. The monoisotopic (exact) mass is 1450 g/mol. The van der Waals surface area contributed by atoms with Crippen molar-refractivity contribution in [2.24, 2.45) is 41.9 Å². The number of fused-ring (bicyclic) bond motifs is 35. The number of aromatic nitrogens is 17. The number of nitrogens with zero attached hydrogens (tertiary/aromatic N) is 17. The second-order valence-electron chi connectivity index (χ2n) is 27.3. The van der Waals surface area contributed by atoms with Crippen LogP contribution in [0.15, 0.2) is 248 Å². The van der Waals surface area contributed by atoms with E-state index in [1.165, 1.54) is 45.3 Å². The van der Waals surface area contributed by atoms with Gasteiger partial charge >= 0.3 is 11.4 Å². The fourth-order valence-electron chi connectivity index (χ4n) is 17.1. The van der Waals surface area contributed by atoms with Gasteiger partial charge in [-0.15, -0.1) is 0 Å². The minimum Gasteiger partial charge on any atom is -0.419 e. The Hall–Kier alpha value is -13.0. The van der Waals surface area contributed by atoms with Crippen LogP contribution in [0, 0.1) is 0 Å². The van der Waals surface area contributed by atoms with Crippen LogP contribution in [0.4, 0.5) is 0 Å². The Morgan fingerprint density at radius 3 is 1.53 bits per heavy atom. The SMILES string of the molecule is [2H]C([2H])([2H])[n+]1c2n(c3c4cnccc4n(-c4ccccc4)c31)Cc1ccccc1-2.[2H]C([2H])([2H])[n+]1c2n(c3c4cnccc4n(C)c31)Cc1ccccc1-2.[2H]C([2H])([2H])[n+]1c2n(c3c4cnccc4oc31)Cc1ccccc1-2.[2H]C([2H])([2H])[n+]1c2n(c3c4cnccc4sc31)Cc1ccccc1-2.[2H]C([2H])([2H])n1c2cnccc2c2sc3[n+](c21)Cc1ccccc1-3. The van der Waals surface area contributed by atoms with E-state index in [0.29, 0.717) is 66.7 Å². The van der Waals surface area contributed by atoms with E-state index in [-0.39, 0.29) is 0 Å². The van der Waals surface area contributed by atoms with Crippen molar-refractivity contribution in [2.75, 3.05) is 0 Å². The van der Waals surface area contributed by atoms with Crippen molar-refractivity contribution in [1.29, 1.82) is 0 Å². The predicted octanol–water partition coefficient (Wildman–Crippen LogP) is 15.1. The number of thiophene rings is 1. The van der Waals surface area contributed by atoms with Gasteiger partial charge in [-0.25, -0.2) is 45.7 Å². The molecule has 21 aromatic rings. The van der Waals surface area contributed by atoms with Crippen molar-refractivity contribution in [1.82, 2.24) is 56.9 Å². The first-order chi connectivity index (χ1) is 58.7. The van der Waals surface area contributed by atoms with Crippen molar-refractivity contribution >= 4 is 131 Å². The highest BCUT2D eigenvalue weighted by molar-refractivity contribution is 7.25. The summed E-state index contributed by atoms with van der Waals surface area (Å²) in [4.78, 5) is 21.9. The number of benzene rings is 6. The number of rotatable bonds is 1. The maximum atomic E-state index is 8.37. The molecule has 5 aliphatic heterocycles. The van der Waals surface area contributed by atoms with Crippen LogP contribution in [0.2, 0.25) is 0 Å². The Balaban J connectivity index is 0.0000000914. The lowest BCUT2D eigenvalue weighted by atomic mass is 10.1. The Labute approximate surface area is 640 Å². The normalized spacial score (nSPS) is 15.6. The molecule has 0 spiro atoms. The maximum Gasteiger partial charge on any atom is 0.339 e. The Morgan fingerprint density at radius 2 is 0.888 bits per heavy atom. The van der Waals surface area contributed by atoms with E-state index in [0.717, 1.165) is 153 Å². The molecule has 5 aliphatic rings. The Kier molecular flexibility index (Phi) is 10.4. The van der Waals surface area contributed by atoms with Gasteiger partial charge in [0.25, 0.3) is 22.9 Å². The number of aryl methyl sites for hydroxylation is 6. The molecular weight excluding hydrogens is 1360 g/mol. The van der Waals surface area contributed by atoms with Crippen LogP contribution in [0.5, 0.6) is 0 Å².